The fourth-order valence-corrected chi connectivity index (χ4v) is 4.39. The lowest BCUT2D eigenvalue weighted by molar-refractivity contribution is -0.118. The van der Waals surface area contributed by atoms with Gasteiger partial charge in [0.05, 0.1) is 10.9 Å². The van der Waals surface area contributed by atoms with E-state index in [1.54, 1.807) is 11.8 Å². The van der Waals surface area contributed by atoms with E-state index >= 15 is 0 Å². The molecule has 0 bridgehead atoms. The minimum atomic E-state index is 0.0630. The number of amides is 1. The lowest BCUT2D eigenvalue weighted by Gasteiger charge is -2.40. The van der Waals surface area contributed by atoms with Crippen molar-refractivity contribution < 1.29 is 4.79 Å². The molecule has 0 saturated heterocycles. The quantitative estimate of drug-likeness (QED) is 0.842. The molecule has 1 amide bonds. The number of anilines is 2. The molecule has 0 spiro atoms. The predicted octanol–water partition coefficient (Wildman–Crippen LogP) is 3.82. The molecule has 0 radical (unpaired) electrons. The van der Waals surface area contributed by atoms with Crippen molar-refractivity contribution in [2.75, 3.05) is 10.6 Å². The Kier molecular flexibility index (Phi) is 3.92. The van der Waals surface area contributed by atoms with Crippen molar-refractivity contribution in [2.24, 2.45) is 0 Å². The minimum absolute atomic E-state index is 0.0630. The summed E-state index contributed by atoms with van der Waals surface area (Å²) in [5.74, 6) is 0.280. The number of thioether (sulfide) groups is 1. The van der Waals surface area contributed by atoms with Crippen LogP contribution < -0.4 is 10.6 Å². The summed E-state index contributed by atoms with van der Waals surface area (Å²) in [5.41, 5.74) is 7.72. The first-order valence-corrected chi connectivity index (χ1v) is 8.48. The van der Waals surface area contributed by atoms with Crippen LogP contribution in [0.3, 0.4) is 0 Å². The van der Waals surface area contributed by atoms with E-state index in [9.17, 15) is 4.79 Å². The summed E-state index contributed by atoms with van der Waals surface area (Å²) in [6.45, 7) is 2.09. The summed E-state index contributed by atoms with van der Waals surface area (Å²) >= 11 is 1.69. The second kappa shape index (κ2) is 5.68. The normalized spacial score (nSPS) is 23.8. The van der Waals surface area contributed by atoms with Gasteiger partial charge in [-0.3, -0.25) is 4.79 Å². The molecule has 1 aromatic carbocycles. The van der Waals surface area contributed by atoms with Crippen molar-refractivity contribution in [2.45, 2.75) is 61.6 Å². The molecular weight excluding hydrogens is 268 g/mol. The highest BCUT2D eigenvalue weighted by Gasteiger charge is 2.36. The molecule has 1 aromatic rings. The molecule has 1 heterocycles. The third kappa shape index (κ3) is 2.41. The summed E-state index contributed by atoms with van der Waals surface area (Å²) in [6, 6.07) is 6.35. The first-order valence-electron chi connectivity index (χ1n) is 7.60. The summed E-state index contributed by atoms with van der Waals surface area (Å²) in [7, 11) is 0. The summed E-state index contributed by atoms with van der Waals surface area (Å²) in [5, 5.41) is 0.0630. The van der Waals surface area contributed by atoms with Crippen LogP contribution in [-0.2, 0) is 4.79 Å². The summed E-state index contributed by atoms with van der Waals surface area (Å²) < 4.78 is 0. The van der Waals surface area contributed by atoms with Crippen molar-refractivity contribution in [1.82, 2.24) is 0 Å². The SMILES string of the molecule is CCC1Sc2ccc(N)cc2N(C2CCCCC2)C1=O. The average Bonchev–Trinajstić information content (AvgIpc) is 2.47. The molecule has 2 aliphatic rings. The predicted molar refractivity (Wildman–Crippen MR) is 85.1 cm³/mol. The van der Waals surface area contributed by atoms with Gasteiger partial charge in [-0.2, -0.15) is 0 Å². The second-order valence-corrected chi connectivity index (χ2v) is 6.99. The van der Waals surface area contributed by atoms with Crippen molar-refractivity contribution in [3.8, 4) is 0 Å². The Balaban J connectivity index is 2.00. The molecule has 1 unspecified atom stereocenters. The Hall–Kier alpha value is -1.16. The fraction of sp³-hybridized carbons (Fsp3) is 0.562. The molecular formula is C16H22N2OS. The van der Waals surface area contributed by atoms with Gasteiger partial charge in [-0.05, 0) is 37.5 Å². The number of nitrogen functional groups attached to an aromatic ring is 1. The number of hydrogen-bond acceptors (Lipinski definition) is 3. The molecule has 1 aliphatic carbocycles. The highest BCUT2D eigenvalue weighted by Crippen LogP contribution is 2.43. The minimum Gasteiger partial charge on any atom is -0.399 e. The number of nitrogens with zero attached hydrogens (tertiary/aromatic N) is 1. The van der Waals surface area contributed by atoms with Crippen LogP contribution in [0.15, 0.2) is 23.1 Å². The topological polar surface area (TPSA) is 46.3 Å². The number of rotatable bonds is 2. The van der Waals surface area contributed by atoms with Crippen LogP contribution in [0.1, 0.15) is 45.4 Å². The van der Waals surface area contributed by atoms with Crippen LogP contribution in [0.2, 0.25) is 0 Å². The lowest BCUT2D eigenvalue weighted by Crippen LogP contribution is -2.48. The third-order valence-electron chi connectivity index (χ3n) is 4.34. The number of hydrogen-bond donors (Lipinski definition) is 1. The van der Waals surface area contributed by atoms with Crippen LogP contribution in [0.5, 0.6) is 0 Å². The van der Waals surface area contributed by atoms with Gasteiger partial charge in [0.2, 0.25) is 5.91 Å². The van der Waals surface area contributed by atoms with Crippen molar-refractivity contribution in [3.63, 3.8) is 0 Å². The van der Waals surface area contributed by atoms with Gasteiger partial charge >= 0.3 is 0 Å². The molecule has 108 valence electrons. The van der Waals surface area contributed by atoms with Crippen molar-refractivity contribution in [1.29, 1.82) is 0 Å². The molecule has 1 atom stereocenters. The zero-order chi connectivity index (χ0) is 14.1. The molecule has 2 N–H and O–H groups in total. The maximum absolute atomic E-state index is 12.8. The highest BCUT2D eigenvalue weighted by atomic mass is 32.2. The lowest BCUT2D eigenvalue weighted by atomic mass is 9.93. The van der Waals surface area contributed by atoms with Gasteiger partial charge < -0.3 is 10.6 Å². The van der Waals surface area contributed by atoms with Gasteiger partial charge in [0.25, 0.3) is 0 Å². The number of carbonyl (C=O) groups is 1. The van der Waals surface area contributed by atoms with Gasteiger partial charge in [-0.1, -0.05) is 26.2 Å². The van der Waals surface area contributed by atoms with Crippen molar-refractivity contribution in [3.05, 3.63) is 18.2 Å². The summed E-state index contributed by atoms with van der Waals surface area (Å²) in [4.78, 5) is 16.1. The third-order valence-corrected chi connectivity index (χ3v) is 5.75. The largest absolute Gasteiger partial charge is 0.399 e. The van der Waals surface area contributed by atoms with Crippen LogP contribution in [0.25, 0.3) is 0 Å². The van der Waals surface area contributed by atoms with Crippen molar-refractivity contribution >= 4 is 29.0 Å². The van der Waals surface area contributed by atoms with E-state index < -0.39 is 0 Å². The number of fused-ring (bicyclic) bond motifs is 1. The van der Waals surface area contributed by atoms with E-state index in [-0.39, 0.29) is 11.2 Å². The van der Waals surface area contributed by atoms with Gasteiger partial charge in [-0.15, -0.1) is 11.8 Å². The van der Waals surface area contributed by atoms with E-state index in [0.29, 0.717) is 6.04 Å². The first-order chi connectivity index (χ1) is 9.70. The van der Waals surface area contributed by atoms with E-state index in [0.717, 1.165) is 30.6 Å². The zero-order valence-electron chi connectivity index (χ0n) is 12.0. The fourth-order valence-electron chi connectivity index (χ4n) is 3.27. The zero-order valence-corrected chi connectivity index (χ0v) is 12.8. The Morgan fingerprint density at radius 3 is 2.75 bits per heavy atom. The smallest absolute Gasteiger partial charge is 0.240 e. The second-order valence-electron chi connectivity index (χ2n) is 5.74. The highest BCUT2D eigenvalue weighted by molar-refractivity contribution is 8.01. The van der Waals surface area contributed by atoms with E-state index in [1.165, 1.54) is 24.2 Å². The molecule has 1 fully saturated rings. The first kappa shape index (κ1) is 13.8. The number of nitrogens with two attached hydrogens (primary N) is 1. The standard InChI is InChI=1S/C16H22N2OS/c1-2-14-16(19)18(12-6-4-3-5-7-12)13-10-11(17)8-9-15(13)20-14/h8-10,12,14H,2-7,17H2,1H3. The van der Waals surface area contributed by atoms with E-state index in [2.05, 4.69) is 17.9 Å². The Bertz CT molecular complexity index is 511. The van der Waals surface area contributed by atoms with Crippen LogP contribution in [0, 0.1) is 0 Å². The van der Waals surface area contributed by atoms with Crippen LogP contribution in [-0.4, -0.2) is 17.2 Å². The molecule has 1 aliphatic heterocycles. The molecule has 20 heavy (non-hydrogen) atoms. The molecule has 3 nitrogen and oxygen atoms in total. The maximum atomic E-state index is 12.8. The maximum Gasteiger partial charge on any atom is 0.240 e. The van der Waals surface area contributed by atoms with Gasteiger partial charge in [0.1, 0.15) is 0 Å². The van der Waals surface area contributed by atoms with E-state index in [1.807, 2.05) is 12.1 Å². The van der Waals surface area contributed by atoms with Gasteiger partial charge in [0.15, 0.2) is 0 Å². The Morgan fingerprint density at radius 2 is 2.05 bits per heavy atom. The molecule has 3 rings (SSSR count). The molecule has 1 saturated carbocycles. The number of carbonyl (C=O) groups excluding carboxylic acids is 1. The van der Waals surface area contributed by atoms with Gasteiger partial charge in [0, 0.05) is 16.6 Å². The Morgan fingerprint density at radius 1 is 1.30 bits per heavy atom. The average molecular weight is 290 g/mol. The summed E-state index contributed by atoms with van der Waals surface area (Å²) in [6.07, 6.45) is 6.90. The van der Waals surface area contributed by atoms with Gasteiger partial charge in [-0.25, -0.2) is 0 Å². The molecule has 4 heteroatoms. The monoisotopic (exact) mass is 290 g/mol. The van der Waals surface area contributed by atoms with Crippen LogP contribution in [0.4, 0.5) is 11.4 Å². The number of benzene rings is 1. The van der Waals surface area contributed by atoms with E-state index in [4.69, 9.17) is 5.73 Å². The molecule has 0 aromatic heterocycles. The Labute approximate surface area is 124 Å². The van der Waals surface area contributed by atoms with Crippen LogP contribution >= 0.6 is 11.8 Å².